The Hall–Kier alpha value is -1.10. The van der Waals surface area contributed by atoms with Crippen LogP contribution in [0.15, 0.2) is 0 Å². The van der Waals surface area contributed by atoms with Crippen molar-refractivity contribution in [2.24, 2.45) is 5.92 Å². The van der Waals surface area contributed by atoms with Gasteiger partial charge in [0, 0.05) is 31.6 Å². The molecule has 27 heavy (non-hydrogen) atoms. The number of likely N-dealkylation sites (tertiary alicyclic amines) is 2. The predicted octanol–water partition coefficient (Wildman–Crippen LogP) is 4.51. The van der Waals surface area contributed by atoms with Crippen LogP contribution in [-0.4, -0.2) is 65.4 Å². The predicted molar refractivity (Wildman–Crippen MR) is 111 cm³/mol. The minimum absolute atomic E-state index is 0.0183. The molecule has 2 fully saturated rings. The second-order valence-corrected chi connectivity index (χ2v) is 8.97. The molecule has 5 heteroatoms. The fourth-order valence-corrected chi connectivity index (χ4v) is 4.59. The van der Waals surface area contributed by atoms with Crippen LogP contribution in [0.1, 0.15) is 85.0 Å². The Kier molecular flexibility index (Phi) is 9.07. The first-order valence-electron chi connectivity index (χ1n) is 11.2. The second kappa shape index (κ2) is 11.0. The third kappa shape index (κ3) is 6.48. The van der Waals surface area contributed by atoms with E-state index >= 15 is 0 Å². The van der Waals surface area contributed by atoms with Crippen molar-refractivity contribution in [3.63, 3.8) is 0 Å². The summed E-state index contributed by atoms with van der Waals surface area (Å²) in [4.78, 5) is 32.1. The first kappa shape index (κ1) is 22.2. The summed E-state index contributed by atoms with van der Waals surface area (Å²) in [6.07, 6.45) is 10.1. The number of piperidine rings is 1. The van der Waals surface area contributed by atoms with Crippen molar-refractivity contribution in [3.05, 3.63) is 0 Å². The molecule has 0 aromatic heterocycles. The van der Waals surface area contributed by atoms with Crippen LogP contribution in [0, 0.1) is 5.92 Å². The van der Waals surface area contributed by atoms with E-state index < -0.39 is 0 Å². The molecule has 2 rings (SSSR count). The Balaban J connectivity index is 2.00. The lowest BCUT2D eigenvalue weighted by atomic mass is 9.95. The van der Waals surface area contributed by atoms with Crippen molar-refractivity contribution in [3.8, 4) is 0 Å². The molecule has 2 saturated heterocycles. The smallest absolute Gasteiger partial charge is 0.321 e. The van der Waals surface area contributed by atoms with Crippen LogP contribution in [0.4, 0.5) is 4.79 Å². The van der Waals surface area contributed by atoms with Gasteiger partial charge in [-0.15, -0.1) is 0 Å². The summed E-state index contributed by atoms with van der Waals surface area (Å²) in [5, 5.41) is 0. The highest BCUT2D eigenvalue weighted by Gasteiger charge is 2.35. The summed E-state index contributed by atoms with van der Waals surface area (Å²) >= 11 is 0. The Morgan fingerprint density at radius 3 is 2.44 bits per heavy atom. The van der Waals surface area contributed by atoms with Gasteiger partial charge >= 0.3 is 6.03 Å². The summed E-state index contributed by atoms with van der Waals surface area (Å²) in [6, 6.07) is 0.848. The molecule has 2 heterocycles. The average molecular weight is 380 g/mol. The fourth-order valence-electron chi connectivity index (χ4n) is 4.59. The molecule has 1 unspecified atom stereocenters. The Morgan fingerprint density at radius 2 is 1.81 bits per heavy atom. The molecular formula is C22H41N3O2. The third-order valence-corrected chi connectivity index (χ3v) is 6.24. The molecule has 0 bridgehead atoms. The molecule has 5 nitrogen and oxygen atoms in total. The van der Waals surface area contributed by atoms with Crippen LogP contribution in [0.25, 0.3) is 0 Å². The molecule has 0 N–H and O–H groups in total. The third-order valence-electron chi connectivity index (χ3n) is 6.24. The summed E-state index contributed by atoms with van der Waals surface area (Å²) in [7, 11) is 2.20. The topological polar surface area (TPSA) is 43.9 Å². The summed E-state index contributed by atoms with van der Waals surface area (Å²) < 4.78 is 0. The highest BCUT2D eigenvalue weighted by molar-refractivity contribution is 5.94. The number of hydrogen-bond donors (Lipinski definition) is 0. The quantitative estimate of drug-likeness (QED) is 0.623. The van der Waals surface area contributed by atoms with Crippen molar-refractivity contribution in [1.82, 2.24) is 14.7 Å². The van der Waals surface area contributed by atoms with Crippen molar-refractivity contribution in [2.45, 2.75) is 97.1 Å². The molecule has 3 amide bonds. The van der Waals surface area contributed by atoms with E-state index in [1.165, 1.54) is 25.8 Å². The number of hydrogen-bond acceptors (Lipinski definition) is 3. The van der Waals surface area contributed by atoms with Crippen LogP contribution >= 0.6 is 0 Å². The van der Waals surface area contributed by atoms with E-state index in [0.717, 1.165) is 45.1 Å². The summed E-state index contributed by atoms with van der Waals surface area (Å²) in [5.41, 5.74) is 0. The molecule has 0 aliphatic carbocycles. The molecule has 0 saturated carbocycles. The minimum atomic E-state index is -0.0308. The van der Waals surface area contributed by atoms with Gasteiger partial charge in [-0.3, -0.25) is 9.69 Å². The normalized spacial score (nSPS) is 23.8. The zero-order valence-electron chi connectivity index (χ0n) is 18.1. The van der Waals surface area contributed by atoms with Gasteiger partial charge in [-0.1, -0.05) is 27.2 Å². The highest BCUT2D eigenvalue weighted by atomic mass is 16.2. The molecule has 0 spiro atoms. The maximum atomic E-state index is 13.3. The summed E-state index contributed by atoms with van der Waals surface area (Å²) in [6.45, 7) is 8.92. The van der Waals surface area contributed by atoms with E-state index in [9.17, 15) is 9.59 Å². The Bertz CT molecular complexity index is 480. The van der Waals surface area contributed by atoms with Crippen LogP contribution in [-0.2, 0) is 4.79 Å². The van der Waals surface area contributed by atoms with Gasteiger partial charge in [0.1, 0.15) is 0 Å². The van der Waals surface area contributed by atoms with E-state index in [-0.39, 0.29) is 11.9 Å². The van der Waals surface area contributed by atoms with Gasteiger partial charge in [0.15, 0.2) is 0 Å². The SMILES string of the molecule is CCCN(C(=O)CCCC(C)C)C(=O)N1CCCC[C@H]1CC1CCCN1C. The molecule has 2 aliphatic heterocycles. The molecule has 0 aromatic rings. The zero-order valence-corrected chi connectivity index (χ0v) is 18.1. The fraction of sp³-hybridized carbons (Fsp3) is 0.909. The van der Waals surface area contributed by atoms with E-state index in [2.05, 4.69) is 25.8 Å². The molecule has 0 aromatic carbocycles. The molecule has 156 valence electrons. The monoisotopic (exact) mass is 379 g/mol. The van der Waals surface area contributed by atoms with E-state index in [1.807, 2.05) is 11.8 Å². The summed E-state index contributed by atoms with van der Waals surface area (Å²) in [5.74, 6) is 0.618. The van der Waals surface area contributed by atoms with E-state index in [1.54, 1.807) is 4.90 Å². The lowest BCUT2D eigenvalue weighted by Crippen LogP contribution is -2.53. The van der Waals surface area contributed by atoms with Gasteiger partial charge in [0.05, 0.1) is 0 Å². The lowest BCUT2D eigenvalue weighted by molar-refractivity contribution is -0.129. The molecule has 2 aliphatic rings. The van der Waals surface area contributed by atoms with Gasteiger partial charge < -0.3 is 9.80 Å². The van der Waals surface area contributed by atoms with Crippen molar-refractivity contribution in [2.75, 3.05) is 26.7 Å². The number of carbonyl (C=O) groups excluding carboxylic acids is 2. The molecule has 0 radical (unpaired) electrons. The number of carbonyl (C=O) groups is 2. The number of rotatable bonds is 8. The lowest BCUT2D eigenvalue weighted by Gasteiger charge is -2.40. The van der Waals surface area contributed by atoms with Crippen molar-refractivity contribution < 1.29 is 9.59 Å². The second-order valence-electron chi connectivity index (χ2n) is 8.97. The minimum Gasteiger partial charge on any atom is -0.321 e. The van der Waals surface area contributed by atoms with Crippen molar-refractivity contribution in [1.29, 1.82) is 0 Å². The highest BCUT2D eigenvalue weighted by Crippen LogP contribution is 2.28. The number of amides is 3. The van der Waals surface area contributed by atoms with Crippen LogP contribution in [0.2, 0.25) is 0 Å². The maximum Gasteiger partial charge on any atom is 0.326 e. The maximum absolute atomic E-state index is 13.3. The van der Waals surface area contributed by atoms with Gasteiger partial charge in [-0.05, 0) is 70.9 Å². The largest absolute Gasteiger partial charge is 0.326 e. The van der Waals surface area contributed by atoms with Crippen LogP contribution in [0.5, 0.6) is 0 Å². The molecule has 2 atom stereocenters. The van der Waals surface area contributed by atoms with E-state index in [0.29, 0.717) is 31.0 Å². The standard InChI is InChI=1S/C22H41N3O2/c1-5-14-25(21(26)13-8-10-18(2)3)22(27)24-16-7-6-11-20(24)17-19-12-9-15-23(19)4/h18-20H,5-17H2,1-4H3/t19?,20-/m0/s1. The van der Waals surface area contributed by atoms with Gasteiger partial charge in [0.25, 0.3) is 0 Å². The van der Waals surface area contributed by atoms with Crippen LogP contribution < -0.4 is 0 Å². The number of nitrogens with zero attached hydrogens (tertiary/aromatic N) is 3. The van der Waals surface area contributed by atoms with E-state index in [4.69, 9.17) is 0 Å². The number of imide groups is 1. The van der Waals surface area contributed by atoms with Gasteiger partial charge in [-0.25, -0.2) is 4.79 Å². The first-order valence-corrected chi connectivity index (χ1v) is 11.2. The average Bonchev–Trinajstić information content (AvgIpc) is 3.04. The molecular weight excluding hydrogens is 338 g/mol. The van der Waals surface area contributed by atoms with Crippen LogP contribution in [0.3, 0.4) is 0 Å². The van der Waals surface area contributed by atoms with Crippen molar-refractivity contribution >= 4 is 11.9 Å². The zero-order chi connectivity index (χ0) is 19.8. The van der Waals surface area contributed by atoms with Gasteiger partial charge in [0.2, 0.25) is 5.91 Å². The van der Waals surface area contributed by atoms with Gasteiger partial charge in [-0.2, -0.15) is 0 Å². The Morgan fingerprint density at radius 1 is 1.07 bits per heavy atom. The Labute approximate surface area is 166 Å². The first-order chi connectivity index (χ1) is 12.9. The number of urea groups is 1.